The van der Waals surface area contributed by atoms with Gasteiger partial charge >= 0.3 is 17.9 Å². The van der Waals surface area contributed by atoms with Crippen LogP contribution in [0.25, 0.3) is 0 Å². The molecule has 0 aromatic rings. The minimum atomic E-state index is -1.58. The molecule has 10 atom stereocenters. The molecule has 2 aliphatic heterocycles. The van der Waals surface area contributed by atoms with Crippen LogP contribution in [0, 0.1) is 0 Å². The predicted octanol–water partition coefficient (Wildman–Crippen LogP) is -3.06. The van der Waals surface area contributed by atoms with E-state index in [0.29, 0.717) is 0 Å². The van der Waals surface area contributed by atoms with E-state index in [4.69, 9.17) is 38.9 Å². The summed E-state index contributed by atoms with van der Waals surface area (Å²) in [7, 11) is 1.24. The number of carbonyl (C=O) groups excluding carboxylic acids is 3. The van der Waals surface area contributed by atoms with Crippen LogP contribution in [0.1, 0.15) is 20.8 Å². The first-order valence-corrected chi connectivity index (χ1v) is 10.2. The molecule has 0 aromatic carbocycles. The minimum Gasteiger partial charge on any atom is -0.463 e. The van der Waals surface area contributed by atoms with Gasteiger partial charge < -0.3 is 54.2 Å². The molecule has 0 aromatic heterocycles. The number of carbonyl (C=O) groups is 3. The quantitative estimate of drug-likeness (QED) is 0.201. The molecule has 0 aliphatic carbocycles. The maximum atomic E-state index is 11.7. The van der Waals surface area contributed by atoms with Gasteiger partial charge in [-0.15, -0.1) is 0 Å². The van der Waals surface area contributed by atoms with E-state index >= 15 is 0 Å². The molecule has 0 saturated carbocycles. The van der Waals surface area contributed by atoms with E-state index in [1.807, 2.05) is 0 Å². The lowest BCUT2D eigenvalue weighted by atomic mass is 9.95. The van der Waals surface area contributed by atoms with Crippen molar-refractivity contribution in [2.75, 3.05) is 20.3 Å². The molecule has 0 amide bonds. The zero-order chi connectivity index (χ0) is 24.9. The van der Waals surface area contributed by atoms with Gasteiger partial charge in [0, 0.05) is 27.9 Å². The highest BCUT2D eigenvalue weighted by Crippen LogP contribution is 2.31. The van der Waals surface area contributed by atoms with Crippen molar-refractivity contribution in [3.63, 3.8) is 0 Å². The average molecular weight is 481 g/mol. The number of nitrogens with two attached hydrogens (primary N) is 1. The van der Waals surface area contributed by atoms with Gasteiger partial charge in [0.25, 0.3) is 0 Å². The van der Waals surface area contributed by atoms with Crippen molar-refractivity contribution in [1.29, 1.82) is 0 Å². The lowest BCUT2D eigenvalue weighted by molar-refractivity contribution is -0.343. The molecule has 0 spiro atoms. The molecule has 190 valence electrons. The van der Waals surface area contributed by atoms with Crippen molar-refractivity contribution in [3.05, 3.63) is 0 Å². The Bertz CT molecular complexity index is 689. The highest BCUT2D eigenvalue weighted by atomic mass is 16.7. The van der Waals surface area contributed by atoms with Crippen LogP contribution in [-0.4, -0.2) is 115 Å². The molecule has 2 rings (SSSR count). The van der Waals surface area contributed by atoms with Gasteiger partial charge in [-0.05, 0) is 0 Å². The van der Waals surface area contributed by atoms with Gasteiger partial charge in [-0.3, -0.25) is 14.4 Å². The predicted molar refractivity (Wildman–Crippen MR) is 104 cm³/mol. The Hall–Kier alpha value is -1.91. The molecule has 5 N–H and O–H groups in total. The van der Waals surface area contributed by atoms with Crippen molar-refractivity contribution in [2.45, 2.75) is 82.1 Å². The number of esters is 3. The monoisotopic (exact) mass is 481 g/mol. The summed E-state index contributed by atoms with van der Waals surface area (Å²) in [6.45, 7) is 2.38. The summed E-state index contributed by atoms with van der Waals surface area (Å²) < 4.78 is 37.3. The number of methoxy groups -OCH3 is 1. The first-order valence-electron chi connectivity index (χ1n) is 10.2. The smallest absolute Gasteiger partial charge is 0.303 e. The first kappa shape index (κ1) is 27.3. The third kappa shape index (κ3) is 6.80. The van der Waals surface area contributed by atoms with Crippen LogP contribution in [-0.2, 0) is 47.5 Å². The molecule has 2 saturated heterocycles. The van der Waals surface area contributed by atoms with Gasteiger partial charge in [-0.1, -0.05) is 0 Å². The fourth-order valence-corrected chi connectivity index (χ4v) is 3.62. The first-order chi connectivity index (χ1) is 15.5. The van der Waals surface area contributed by atoms with Crippen LogP contribution in [0.3, 0.4) is 0 Å². The van der Waals surface area contributed by atoms with Gasteiger partial charge in [0.15, 0.2) is 24.8 Å². The van der Waals surface area contributed by atoms with Crippen LogP contribution in [0.5, 0.6) is 0 Å². The molecule has 14 nitrogen and oxygen atoms in total. The highest BCUT2D eigenvalue weighted by molar-refractivity contribution is 5.67. The van der Waals surface area contributed by atoms with Gasteiger partial charge in [0.05, 0.1) is 12.6 Å². The number of rotatable bonds is 8. The summed E-state index contributed by atoms with van der Waals surface area (Å²) in [4.78, 5) is 34.6. The summed E-state index contributed by atoms with van der Waals surface area (Å²) in [6.07, 6.45) is -11.9. The van der Waals surface area contributed by atoms with Crippen molar-refractivity contribution in [3.8, 4) is 0 Å². The molecule has 2 aliphatic rings. The Balaban J connectivity index is 2.31. The fourth-order valence-electron chi connectivity index (χ4n) is 3.62. The number of hydrogen-bond donors (Lipinski definition) is 4. The zero-order valence-electron chi connectivity index (χ0n) is 18.7. The minimum absolute atomic E-state index is 0.404. The van der Waals surface area contributed by atoms with E-state index in [-0.39, 0.29) is 0 Å². The van der Waals surface area contributed by atoms with Crippen molar-refractivity contribution >= 4 is 17.9 Å². The van der Waals surface area contributed by atoms with E-state index in [0.717, 1.165) is 20.8 Å². The topological polar surface area (TPSA) is 203 Å². The van der Waals surface area contributed by atoms with Crippen LogP contribution in [0.15, 0.2) is 0 Å². The van der Waals surface area contributed by atoms with Crippen LogP contribution in [0.2, 0.25) is 0 Å². The third-order valence-corrected chi connectivity index (χ3v) is 5.09. The van der Waals surface area contributed by atoms with E-state index < -0.39 is 92.5 Å². The van der Waals surface area contributed by atoms with Gasteiger partial charge in [0.2, 0.25) is 0 Å². The Morgan fingerprint density at radius 1 is 0.848 bits per heavy atom. The summed E-state index contributed by atoms with van der Waals surface area (Å²) in [5.41, 5.74) is 6.20. The number of aliphatic hydroxyl groups is 3. The maximum Gasteiger partial charge on any atom is 0.303 e. The van der Waals surface area contributed by atoms with Gasteiger partial charge in [-0.2, -0.15) is 0 Å². The number of ether oxygens (including phenoxy) is 7. The Morgan fingerprint density at radius 2 is 1.42 bits per heavy atom. The largest absolute Gasteiger partial charge is 0.463 e. The molecule has 33 heavy (non-hydrogen) atoms. The van der Waals surface area contributed by atoms with Crippen LogP contribution < -0.4 is 5.73 Å². The van der Waals surface area contributed by atoms with E-state index in [9.17, 15) is 29.7 Å². The second-order valence-electron chi connectivity index (χ2n) is 7.61. The summed E-state index contributed by atoms with van der Waals surface area (Å²) in [5.74, 6) is -2.13. The van der Waals surface area contributed by atoms with E-state index in [1.165, 1.54) is 7.11 Å². The Morgan fingerprint density at radius 3 is 1.94 bits per heavy atom. The lowest BCUT2D eigenvalue weighted by Crippen LogP contribution is -2.67. The second-order valence-corrected chi connectivity index (χ2v) is 7.61. The van der Waals surface area contributed by atoms with E-state index in [1.54, 1.807) is 0 Å². The Labute approximate surface area is 189 Å². The average Bonchev–Trinajstić information content (AvgIpc) is 2.74. The fraction of sp³-hybridized carbons (Fsp3) is 0.842. The van der Waals surface area contributed by atoms with Crippen LogP contribution in [0.4, 0.5) is 0 Å². The summed E-state index contributed by atoms with van der Waals surface area (Å²) >= 11 is 0. The SMILES string of the molecule is CO[C@H]1O[C@H](CO)[C@H](O[C@@H]2O[C@H](COC(C)=O)[C@H](OC(C)=O)[C@@H](OC(C)=O)[C@H]2N)[C@H](O)[C@H]1O. The molecule has 14 heteroatoms. The maximum absolute atomic E-state index is 11.7. The standard InChI is InChI=1S/C19H31NO13/c1-7(22)28-6-11-16(29-8(2)23)17(30-9(3)24)12(20)18(32-11)33-15-10(5-21)31-19(27-4)14(26)13(15)25/h10-19,21,25-26H,5-6,20H2,1-4H3/t10-,11-,12-,13-,14-,15+,16+,17+,18+,19+/m1/s1. The lowest BCUT2D eigenvalue weighted by Gasteiger charge is -2.47. The van der Waals surface area contributed by atoms with Crippen LogP contribution >= 0.6 is 0 Å². The van der Waals surface area contributed by atoms with Crippen molar-refractivity contribution < 1.29 is 62.9 Å². The highest BCUT2D eigenvalue weighted by Gasteiger charge is 2.53. The van der Waals surface area contributed by atoms with Crippen molar-refractivity contribution in [1.82, 2.24) is 0 Å². The zero-order valence-corrected chi connectivity index (χ0v) is 18.7. The van der Waals surface area contributed by atoms with E-state index in [2.05, 4.69) is 0 Å². The normalized spacial score (nSPS) is 38.9. The Kier molecular flexibility index (Phi) is 9.93. The number of hydrogen-bond acceptors (Lipinski definition) is 14. The van der Waals surface area contributed by atoms with Gasteiger partial charge in [0.1, 0.15) is 37.1 Å². The molecule has 0 bridgehead atoms. The summed E-state index contributed by atoms with van der Waals surface area (Å²) in [5, 5.41) is 30.4. The molecular formula is C19H31NO13. The summed E-state index contributed by atoms with van der Waals surface area (Å²) in [6, 6.07) is -1.25. The van der Waals surface area contributed by atoms with Gasteiger partial charge in [-0.25, -0.2) is 0 Å². The molecular weight excluding hydrogens is 450 g/mol. The molecule has 0 radical (unpaired) electrons. The third-order valence-electron chi connectivity index (χ3n) is 5.09. The molecule has 2 heterocycles. The second kappa shape index (κ2) is 12.0. The van der Waals surface area contributed by atoms with Crippen molar-refractivity contribution in [2.24, 2.45) is 5.73 Å². The molecule has 2 fully saturated rings. The molecule has 0 unspecified atom stereocenters. The number of aliphatic hydroxyl groups excluding tert-OH is 3.